The summed E-state index contributed by atoms with van der Waals surface area (Å²) in [7, 11) is 0. The van der Waals surface area contributed by atoms with Gasteiger partial charge >= 0.3 is 18.2 Å². The van der Waals surface area contributed by atoms with Gasteiger partial charge in [-0.3, -0.25) is 0 Å². The maximum atomic E-state index is 11.3. The third-order valence-electron chi connectivity index (χ3n) is 2.36. The Bertz CT molecular complexity index is 363. The van der Waals surface area contributed by atoms with Crippen LogP contribution in [0, 0.1) is 0 Å². The highest BCUT2D eigenvalue weighted by atomic mass is 16.6. The largest absolute Gasteiger partial charge is 0.444 e. The third kappa shape index (κ3) is 8.88. The topological polar surface area (TPSA) is 93.7 Å². The van der Waals surface area contributed by atoms with Crippen molar-refractivity contribution in [3.8, 4) is 0 Å². The second kappa shape index (κ2) is 9.20. The highest BCUT2D eigenvalue weighted by Crippen LogP contribution is 2.09. The summed E-state index contributed by atoms with van der Waals surface area (Å²) >= 11 is 0. The van der Waals surface area contributed by atoms with Gasteiger partial charge in [-0.1, -0.05) is 13.8 Å². The fourth-order valence-corrected chi connectivity index (χ4v) is 1.56. The third-order valence-corrected chi connectivity index (χ3v) is 2.36. The zero-order chi connectivity index (χ0) is 16.5. The van der Waals surface area contributed by atoms with E-state index in [0.717, 1.165) is 0 Å². The summed E-state index contributed by atoms with van der Waals surface area (Å²) in [6.45, 7) is 9.84. The number of carbonyl (C=O) groups excluding carboxylic acids is 3. The summed E-state index contributed by atoms with van der Waals surface area (Å²) in [5, 5.41) is 5.03. The molecule has 1 rings (SSSR count). The van der Waals surface area contributed by atoms with Gasteiger partial charge in [0.15, 0.2) is 0 Å². The Kier molecular flexibility index (Phi) is 8.42. The van der Waals surface area contributed by atoms with Crippen molar-refractivity contribution in [3.05, 3.63) is 0 Å². The molecule has 1 aliphatic heterocycles. The number of rotatable bonds is 5. The van der Waals surface area contributed by atoms with E-state index in [4.69, 9.17) is 4.74 Å². The molecule has 1 unspecified atom stereocenters. The van der Waals surface area contributed by atoms with Crippen molar-refractivity contribution in [3.63, 3.8) is 0 Å². The lowest BCUT2D eigenvalue weighted by molar-refractivity contribution is -0.135. The van der Waals surface area contributed by atoms with Gasteiger partial charge in [0, 0.05) is 6.54 Å². The molecule has 0 aromatic carbocycles. The smallest absolute Gasteiger partial charge is 0.415 e. The van der Waals surface area contributed by atoms with Crippen LogP contribution in [0.1, 0.15) is 53.9 Å². The van der Waals surface area contributed by atoms with E-state index >= 15 is 0 Å². The monoisotopic (exact) mass is 302 g/mol. The Morgan fingerprint density at radius 3 is 2.38 bits per heavy atom. The summed E-state index contributed by atoms with van der Waals surface area (Å²) < 4.78 is 9.41. The van der Waals surface area contributed by atoms with Gasteiger partial charge in [0.1, 0.15) is 11.6 Å². The number of hydrogen-bond acceptors (Lipinski definition) is 5. The van der Waals surface area contributed by atoms with Crippen LogP contribution in [0.5, 0.6) is 0 Å². The number of ether oxygens (including phenoxy) is 2. The first-order valence-corrected chi connectivity index (χ1v) is 7.27. The van der Waals surface area contributed by atoms with Crippen molar-refractivity contribution in [1.29, 1.82) is 0 Å². The number of nitrogens with one attached hydrogen (secondary N) is 2. The molecular weight excluding hydrogens is 276 g/mol. The minimum absolute atomic E-state index is 0.457. The quantitative estimate of drug-likeness (QED) is 0.462. The number of carbonyl (C=O) groups is 3. The average molecular weight is 302 g/mol. The molecule has 1 heterocycles. The molecule has 2 N–H and O–H groups in total. The van der Waals surface area contributed by atoms with Gasteiger partial charge in [-0.2, -0.15) is 0 Å². The van der Waals surface area contributed by atoms with Crippen LogP contribution < -0.4 is 10.6 Å². The average Bonchev–Trinajstić information content (AvgIpc) is 2.68. The molecule has 122 valence electrons. The maximum Gasteiger partial charge on any atom is 0.415 e. The Hall–Kier alpha value is -1.79. The summed E-state index contributed by atoms with van der Waals surface area (Å²) in [5.41, 5.74) is -0.512. The summed E-state index contributed by atoms with van der Waals surface area (Å²) in [6.07, 6.45) is 0.734. The fraction of sp³-hybridized carbons (Fsp3) is 0.786. The van der Waals surface area contributed by atoms with Crippen molar-refractivity contribution in [2.45, 2.75) is 65.5 Å². The molecule has 0 aromatic rings. The first-order valence-electron chi connectivity index (χ1n) is 7.27. The second-order valence-electron chi connectivity index (χ2n) is 5.33. The summed E-state index contributed by atoms with van der Waals surface area (Å²) in [4.78, 5) is 33.2. The lowest BCUT2D eigenvalue weighted by Crippen LogP contribution is -2.33. The first-order chi connectivity index (χ1) is 9.78. The van der Waals surface area contributed by atoms with E-state index in [1.807, 2.05) is 13.8 Å². The van der Waals surface area contributed by atoms with E-state index in [-0.39, 0.29) is 0 Å². The predicted molar refractivity (Wildman–Crippen MR) is 77.8 cm³/mol. The molecule has 0 spiro atoms. The molecule has 2 amide bonds. The normalized spacial score (nSPS) is 17.3. The Morgan fingerprint density at radius 1 is 1.29 bits per heavy atom. The number of alkyl carbamates (subject to hydrolysis) is 2. The highest BCUT2D eigenvalue weighted by molar-refractivity contribution is 5.95. The van der Waals surface area contributed by atoms with Crippen LogP contribution in [0.2, 0.25) is 0 Å². The van der Waals surface area contributed by atoms with Crippen LogP contribution in [0.25, 0.3) is 0 Å². The van der Waals surface area contributed by atoms with Crippen molar-refractivity contribution in [1.82, 2.24) is 10.6 Å². The van der Waals surface area contributed by atoms with Gasteiger partial charge in [0.25, 0.3) is 0 Å². The molecule has 0 saturated carbocycles. The Morgan fingerprint density at radius 2 is 1.90 bits per heavy atom. The van der Waals surface area contributed by atoms with E-state index < -0.39 is 29.8 Å². The molecule has 7 heteroatoms. The zero-order valence-electron chi connectivity index (χ0n) is 13.4. The van der Waals surface area contributed by atoms with Gasteiger partial charge < -0.3 is 20.1 Å². The van der Waals surface area contributed by atoms with Crippen molar-refractivity contribution < 1.29 is 23.9 Å². The number of cyclic esters (lactones) is 2. The van der Waals surface area contributed by atoms with Crippen molar-refractivity contribution in [2.24, 2.45) is 0 Å². The maximum absolute atomic E-state index is 11.3. The van der Waals surface area contributed by atoms with E-state index in [1.165, 1.54) is 0 Å². The Balaban J connectivity index is 0.00000191. The minimum atomic E-state index is -0.693. The van der Waals surface area contributed by atoms with Crippen LogP contribution in [-0.4, -0.2) is 36.3 Å². The van der Waals surface area contributed by atoms with Gasteiger partial charge in [0.05, 0.1) is 0 Å². The van der Waals surface area contributed by atoms with Crippen molar-refractivity contribution >= 4 is 18.2 Å². The van der Waals surface area contributed by atoms with Gasteiger partial charge in [-0.05, 0) is 40.0 Å². The summed E-state index contributed by atoms with van der Waals surface area (Å²) in [6, 6.07) is -0.561. The fourth-order valence-electron chi connectivity index (χ4n) is 1.56. The molecule has 0 radical (unpaired) electrons. The van der Waals surface area contributed by atoms with E-state index in [2.05, 4.69) is 15.4 Å². The zero-order valence-corrected chi connectivity index (χ0v) is 13.4. The summed E-state index contributed by atoms with van der Waals surface area (Å²) in [5.74, 6) is -0.537. The highest BCUT2D eigenvalue weighted by Gasteiger charge is 2.31. The minimum Gasteiger partial charge on any atom is -0.444 e. The van der Waals surface area contributed by atoms with E-state index in [1.54, 1.807) is 20.8 Å². The molecule has 1 aliphatic rings. The molecular formula is C14H26N2O5. The van der Waals surface area contributed by atoms with E-state index in [9.17, 15) is 14.4 Å². The predicted octanol–water partition coefficient (Wildman–Crippen LogP) is 2.34. The van der Waals surface area contributed by atoms with Crippen LogP contribution in [0.4, 0.5) is 9.59 Å². The molecule has 21 heavy (non-hydrogen) atoms. The molecule has 1 atom stereocenters. The first kappa shape index (κ1) is 19.2. The van der Waals surface area contributed by atoms with E-state index in [0.29, 0.717) is 25.8 Å². The van der Waals surface area contributed by atoms with Crippen LogP contribution in [0.3, 0.4) is 0 Å². The number of esters is 1. The molecule has 7 nitrogen and oxygen atoms in total. The standard InChI is InChI=1S/C12H20N2O5.C2H6/c1-12(2,3)19-10(16)13-7-5-4-6-8-9(15)18-11(17)14-8;1-2/h8H,4-7H2,1-3H3,(H,13,16)(H,14,17);1-2H3. The molecule has 1 fully saturated rings. The number of amides is 2. The van der Waals surface area contributed by atoms with Crippen LogP contribution >= 0.6 is 0 Å². The Labute approximate surface area is 125 Å². The molecule has 1 saturated heterocycles. The molecule has 0 aromatic heterocycles. The molecule has 0 bridgehead atoms. The van der Waals surface area contributed by atoms with Gasteiger partial charge in [-0.15, -0.1) is 0 Å². The van der Waals surface area contributed by atoms with Crippen LogP contribution in [0.15, 0.2) is 0 Å². The van der Waals surface area contributed by atoms with Crippen molar-refractivity contribution in [2.75, 3.05) is 6.54 Å². The lowest BCUT2D eigenvalue weighted by atomic mass is 10.1. The van der Waals surface area contributed by atoms with Crippen LogP contribution in [-0.2, 0) is 14.3 Å². The van der Waals surface area contributed by atoms with Gasteiger partial charge in [0.2, 0.25) is 0 Å². The molecule has 0 aliphatic carbocycles. The SMILES string of the molecule is CC.CC(C)(C)OC(=O)NCCCCC1NC(=O)OC1=O. The lowest BCUT2D eigenvalue weighted by Gasteiger charge is -2.19. The van der Waals surface area contributed by atoms with Gasteiger partial charge in [-0.25, -0.2) is 14.4 Å². The number of unbranched alkanes of at least 4 members (excludes halogenated alkanes) is 1. The second-order valence-corrected chi connectivity index (χ2v) is 5.33. The number of hydrogen-bond donors (Lipinski definition) is 2.